The van der Waals surface area contributed by atoms with Crippen LogP contribution in [-0.4, -0.2) is 30.7 Å². The van der Waals surface area contributed by atoms with E-state index in [0.717, 1.165) is 0 Å². The van der Waals surface area contributed by atoms with Crippen LogP contribution in [0.4, 0.5) is 0 Å². The maximum atomic E-state index is 10.3. The van der Waals surface area contributed by atoms with Crippen LogP contribution in [0.1, 0.15) is 19.3 Å². The molecule has 1 heterocycles. The first-order valence-electron chi connectivity index (χ1n) is 2.62. The SMILES string of the molecule is O=C1CCCC(=O)N1.[LiH]. The van der Waals surface area contributed by atoms with Gasteiger partial charge in [-0.1, -0.05) is 0 Å². The average Bonchev–Trinajstić information content (AvgIpc) is 1.64. The molecule has 1 N–H and O–H groups in total. The van der Waals surface area contributed by atoms with Crippen LogP contribution in [0.5, 0.6) is 0 Å². The first-order chi connectivity index (χ1) is 3.79. The molecule has 1 rings (SSSR count). The molecule has 1 saturated heterocycles. The molecule has 0 aromatic carbocycles. The second kappa shape index (κ2) is 3.70. The van der Waals surface area contributed by atoms with Crippen LogP contribution in [0.25, 0.3) is 0 Å². The normalized spacial score (nSPS) is 18.2. The molecule has 0 atom stereocenters. The predicted molar refractivity (Wildman–Crippen MR) is 34.1 cm³/mol. The molecular weight excluding hydrogens is 113 g/mol. The Morgan fingerprint density at radius 3 is 1.78 bits per heavy atom. The summed E-state index contributed by atoms with van der Waals surface area (Å²) in [4.78, 5) is 20.7. The van der Waals surface area contributed by atoms with Gasteiger partial charge in [0, 0.05) is 12.8 Å². The summed E-state index contributed by atoms with van der Waals surface area (Å²) < 4.78 is 0. The molecule has 3 nitrogen and oxygen atoms in total. The Kier molecular flexibility index (Phi) is 3.60. The van der Waals surface area contributed by atoms with Crippen molar-refractivity contribution in [1.82, 2.24) is 5.32 Å². The van der Waals surface area contributed by atoms with E-state index in [1.165, 1.54) is 0 Å². The van der Waals surface area contributed by atoms with Crippen LogP contribution in [0.3, 0.4) is 0 Å². The molecule has 9 heavy (non-hydrogen) atoms. The van der Waals surface area contributed by atoms with Gasteiger partial charge in [0.05, 0.1) is 0 Å². The van der Waals surface area contributed by atoms with Crippen LogP contribution in [0.15, 0.2) is 0 Å². The zero-order valence-electron chi connectivity index (χ0n) is 4.44. The third-order valence-electron chi connectivity index (χ3n) is 1.09. The number of carbonyl (C=O) groups excluding carboxylic acids is 2. The van der Waals surface area contributed by atoms with Crippen molar-refractivity contribution >= 4 is 30.7 Å². The number of carbonyl (C=O) groups is 2. The summed E-state index contributed by atoms with van der Waals surface area (Å²) >= 11 is 0. The van der Waals surface area contributed by atoms with E-state index in [2.05, 4.69) is 5.32 Å². The molecule has 0 aromatic rings. The number of hydrogen-bond acceptors (Lipinski definition) is 2. The molecule has 0 aromatic heterocycles. The Hall–Kier alpha value is -0.263. The summed E-state index contributed by atoms with van der Waals surface area (Å²) in [6.45, 7) is 0. The number of piperidine rings is 1. The Labute approximate surface area is 65.4 Å². The number of amides is 2. The van der Waals surface area contributed by atoms with Gasteiger partial charge in [-0.15, -0.1) is 0 Å². The number of imide groups is 1. The molecule has 1 aliphatic heterocycles. The number of hydrogen-bond donors (Lipinski definition) is 1. The molecule has 0 saturated carbocycles. The molecule has 1 fully saturated rings. The Balaban J connectivity index is 0.000000640. The first-order valence-corrected chi connectivity index (χ1v) is 2.62. The van der Waals surface area contributed by atoms with Gasteiger partial charge >= 0.3 is 18.9 Å². The summed E-state index contributed by atoms with van der Waals surface area (Å²) in [6, 6.07) is 0. The summed E-state index contributed by atoms with van der Waals surface area (Å²) in [5, 5.41) is 2.20. The van der Waals surface area contributed by atoms with Gasteiger partial charge in [0.15, 0.2) is 0 Å². The van der Waals surface area contributed by atoms with Crippen molar-refractivity contribution in [3.8, 4) is 0 Å². The summed E-state index contributed by atoms with van der Waals surface area (Å²) in [5.41, 5.74) is 0. The van der Waals surface area contributed by atoms with E-state index in [1.54, 1.807) is 0 Å². The van der Waals surface area contributed by atoms with Gasteiger partial charge in [0.25, 0.3) is 0 Å². The third kappa shape index (κ3) is 2.69. The fraction of sp³-hybridized carbons (Fsp3) is 0.600. The summed E-state index contributed by atoms with van der Waals surface area (Å²) in [5.74, 6) is -0.275. The van der Waals surface area contributed by atoms with Crippen LogP contribution < -0.4 is 5.32 Å². The molecule has 0 unspecified atom stereocenters. The van der Waals surface area contributed by atoms with Crippen molar-refractivity contribution in [2.24, 2.45) is 0 Å². The predicted octanol–water partition coefficient (Wildman–Crippen LogP) is -0.835. The minimum atomic E-state index is -0.138. The van der Waals surface area contributed by atoms with Gasteiger partial charge < -0.3 is 0 Å². The first kappa shape index (κ1) is 8.74. The molecule has 0 radical (unpaired) electrons. The van der Waals surface area contributed by atoms with Gasteiger partial charge in [-0.2, -0.15) is 0 Å². The van der Waals surface area contributed by atoms with Crippen LogP contribution in [0, 0.1) is 0 Å². The van der Waals surface area contributed by atoms with Crippen molar-refractivity contribution in [3.63, 3.8) is 0 Å². The second-order valence-corrected chi connectivity index (χ2v) is 1.82. The van der Waals surface area contributed by atoms with E-state index >= 15 is 0 Å². The van der Waals surface area contributed by atoms with Gasteiger partial charge in [-0.3, -0.25) is 14.9 Å². The van der Waals surface area contributed by atoms with Crippen molar-refractivity contribution in [2.45, 2.75) is 19.3 Å². The Morgan fingerprint density at radius 1 is 1.11 bits per heavy atom. The van der Waals surface area contributed by atoms with E-state index in [4.69, 9.17) is 0 Å². The molecule has 2 amide bonds. The van der Waals surface area contributed by atoms with Crippen molar-refractivity contribution < 1.29 is 9.59 Å². The standard InChI is InChI=1S/C5H7NO2.Li.H/c7-4-2-1-3-5(8)6-4;;/h1-3H2,(H,6,7,8);;. The van der Waals surface area contributed by atoms with E-state index < -0.39 is 0 Å². The van der Waals surface area contributed by atoms with E-state index in [9.17, 15) is 9.59 Å². The molecule has 0 spiro atoms. The quantitative estimate of drug-likeness (QED) is 0.335. The Bertz CT molecular complexity index is 121. The molecule has 0 bridgehead atoms. The van der Waals surface area contributed by atoms with Gasteiger partial charge in [-0.05, 0) is 6.42 Å². The zero-order valence-corrected chi connectivity index (χ0v) is 4.44. The maximum absolute atomic E-state index is 10.3. The molecular formula is C5H8LiNO2. The number of nitrogens with one attached hydrogen (secondary N) is 1. The fourth-order valence-corrected chi connectivity index (χ4v) is 0.690. The average molecular weight is 121 g/mol. The number of rotatable bonds is 0. The van der Waals surface area contributed by atoms with E-state index in [1.807, 2.05) is 0 Å². The van der Waals surface area contributed by atoms with Gasteiger partial charge in [0.2, 0.25) is 11.8 Å². The van der Waals surface area contributed by atoms with Crippen LogP contribution >= 0.6 is 0 Å². The second-order valence-electron chi connectivity index (χ2n) is 1.82. The van der Waals surface area contributed by atoms with E-state index in [0.29, 0.717) is 19.3 Å². The molecule has 1 aliphatic rings. The van der Waals surface area contributed by atoms with E-state index in [-0.39, 0.29) is 30.7 Å². The molecule has 4 heteroatoms. The molecule has 46 valence electrons. The van der Waals surface area contributed by atoms with Crippen molar-refractivity contribution in [2.75, 3.05) is 0 Å². The van der Waals surface area contributed by atoms with Crippen molar-refractivity contribution in [1.29, 1.82) is 0 Å². The molecule has 0 aliphatic carbocycles. The van der Waals surface area contributed by atoms with Crippen LogP contribution in [-0.2, 0) is 9.59 Å². The minimum absolute atomic E-state index is 0. The fourth-order valence-electron chi connectivity index (χ4n) is 0.690. The topological polar surface area (TPSA) is 46.2 Å². The van der Waals surface area contributed by atoms with Gasteiger partial charge in [-0.25, -0.2) is 0 Å². The zero-order chi connectivity index (χ0) is 5.98. The van der Waals surface area contributed by atoms with Gasteiger partial charge in [0.1, 0.15) is 0 Å². The summed E-state index contributed by atoms with van der Waals surface area (Å²) in [6.07, 6.45) is 1.72. The van der Waals surface area contributed by atoms with Crippen LogP contribution in [0.2, 0.25) is 0 Å². The monoisotopic (exact) mass is 121 g/mol. The Morgan fingerprint density at radius 2 is 1.56 bits per heavy atom. The third-order valence-corrected chi connectivity index (χ3v) is 1.09. The van der Waals surface area contributed by atoms with Crippen molar-refractivity contribution in [3.05, 3.63) is 0 Å². The summed E-state index contributed by atoms with van der Waals surface area (Å²) in [7, 11) is 0.